The van der Waals surface area contributed by atoms with E-state index in [0.717, 1.165) is 5.56 Å². The molecule has 152 valence electrons. The number of amides is 3. The average molecular weight is 395 g/mol. The molecule has 0 atom stereocenters. The van der Waals surface area contributed by atoms with Crippen LogP contribution < -0.4 is 20.5 Å². The number of carbonyl (C=O) groups excluding carboxylic acids is 3. The van der Waals surface area contributed by atoms with Gasteiger partial charge in [0.2, 0.25) is 5.91 Å². The van der Waals surface area contributed by atoms with Gasteiger partial charge in [0.1, 0.15) is 5.75 Å². The number of benzene rings is 2. The minimum atomic E-state index is -0.397. The van der Waals surface area contributed by atoms with Crippen LogP contribution in [0.4, 0.5) is 5.69 Å². The van der Waals surface area contributed by atoms with E-state index in [2.05, 4.69) is 31.6 Å². The van der Waals surface area contributed by atoms with E-state index in [1.807, 2.05) is 18.2 Å². The molecule has 0 unspecified atom stereocenters. The van der Waals surface area contributed by atoms with Crippen LogP contribution >= 0.6 is 0 Å². The molecule has 3 rings (SSSR count). The molecule has 2 aromatic carbocycles. The molecule has 1 heterocycles. The minimum absolute atomic E-state index is 0.00122. The molecule has 0 fully saturated rings. The van der Waals surface area contributed by atoms with Crippen LogP contribution in [-0.4, -0.2) is 30.9 Å². The van der Waals surface area contributed by atoms with Gasteiger partial charge in [-0.2, -0.15) is 0 Å². The van der Waals surface area contributed by atoms with Crippen LogP contribution in [-0.2, 0) is 15.0 Å². The zero-order valence-corrected chi connectivity index (χ0v) is 16.8. The van der Waals surface area contributed by atoms with Crippen molar-refractivity contribution in [3.63, 3.8) is 0 Å². The number of hydrogen-bond acceptors (Lipinski definition) is 4. The first-order chi connectivity index (χ1) is 13.8. The third kappa shape index (κ3) is 4.93. The minimum Gasteiger partial charge on any atom is -0.482 e. The first-order valence-electron chi connectivity index (χ1n) is 9.47. The molecule has 1 aliphatic rings. The monoisotopic (exact) mass is 395 g/mol. The number of rotatable bonds is 4. The number of anilines is 1. The third-order valence-electron chi connectivity index (χ3n) is 4.70. The number of carbonyl (C=O) groups is 3. The Kier molecular flexibility index (Phi) is 5.87. The van der Waals surface area contributed by atoms with Crippen LogP contribution in [0.2, 0.25) is 0 Å². The Balaban J connectivity index is 1.51. The topological polar surface area (TPSA) is 87.7 Å². The highest BCUT2D eigenvalue weighted by molar-refractivity contribution is 5.98. The summed E-state index contributed by atoms with van der Waals surface area (Å²) in [5, 5.41) is 0. The molecule has 0 aromatic heterocycles. The molecule has 0 saturated carbocycles. The predicted molar refractivity (Wildman–Crippen MR) is 110 cm³/mol. The lowest BCUT2D eigenvalue weighted by Crippen LogP contribution is -2.44. The maximum atomic E-state index is 12.2. The van der Waals surface area contributed by atoms with Crippen molar-refractivity contribution in [2.45, 2.75) is 32.6 Å². The summed E-state index contributed by atoms with van der Waals surface area (Å²) in [5.41, 5.74) is 7.02. The van der Waals surface area contributed by atoms with Gasteiger partial charge in [-0.3, -0.25) is 25.2 Å². The van der Waals surface area contributed by atoms with Gasteiger partial charge >= 0.3 is 0 Å². The maximum absolute atomic E-state index is 12.2. The Morgan fingerprint density at radius 3 is 2.41 bits per heavy atom. The first-order valence-corrected chi connectivity index (χ1v) is 9.47. The Hall–Kier alpha value is -3.35. The van der Waals surface area contributed by atoms with Crippen molar-refractivity contribution in [1.29, 1.82) is 0 Å². The fraction of sp³-hybridized carbons (Fsp3) is 0.318. The number of nitrogens with zero attached hydrogens (tertiary/aromatic N) is 1. The highest BCUT2D eigenvalue weighted by atomic mass is 16.5. The second-order valence-corrected chi connectivity index (χ2v) is 7.88. The Bertz CT molecular complexity index is 916. The fourth-order valence-electron chi connectivity index (χ4n) is 3.00. The molecule has 7 heteroatoms. The number of fused-ring (bicyclic) bond motifs is 1. The molecule has 0 saturated heterocycles. The molecular weight excluding hydrogens is 370 g/mol. The van der Waals surface area contributed by atoms with Gasteiger partial charge in [-0.25, -0.2) is 0 Å². The highest BCUT2D eigenvalue weighted by Crippen LogP contribution is 2.31. The fourth-order valence-corrected chi connectivity index (χ4v) is 3.00. The summed E-state index contributed by atoms with van der Waals surface area (Å²) >= 11 is 0. The highest BCUT2D eigenvalue weighted by Gasteiger charge is 2.25. The van der Waals surface area contributed by atoms with Crippen molar-refractivity contribution in [3.8, 4) is 5.75 Å². The summed E-state index contributed by atoms with van der Waals surface area (Å²) in [6.45, 7) is 6.43. The van der Waals surface area contributed by atoms with Gasteiger partial charge < -0.3 is 9.64 Å². The van der Waals surface area contributed by atoms with Crippen molar-refractivity contribution >= 4 is 23.4 Å². The number of hydrogen-bond donors (Lipinski definition) is 2. The van der Waals surface area contributed by atoms with Crippen LogP contribution in [0, 0.1) is 0 Å². The molecule has 0 spiro atoms. The molecule has 2 aromatic rings. The molecule has 0 radical (unpaired) electrons. The lowest BCUT2D eigenvalue weighted by Gasteiger charge is -2.29. The van der Waals surface area contributed by atoms with Crippen LogP contribution in [0.15, 0.2) is 48.5 Å². The van der Waals surface area contributed by atoms with Crippen molar-refractivity contribution in [2.75, 3.05) is 18.1 Å². The van der Waals surface area contributed by atoms with E-state index in [-0.39, 0.29) is 36.8 Å². The van der Waals surface area contributed by atoms with Crippen molar-refractivity contribution < 1.29 is 19.1 Å². The Labute approximate surface area is 170 Å². The molecule has 3 amide bonds. The van der Waals surface area contributed by atoms with Crippen LogP contribution in [0.5, 0.6) is 5.75 Å². The van der Waals surface area contributed by atoms with Gasteiger partial charge in [-0.15, -0.1) is 0 Å². The number of nitrogens with one attached hydrogen (secondary N) is 2. The normalized spacial score (nSPS) is 13.3. The first kappa shape index (κ1) is 20.4. The smallest absolute Gasteiger partial charge is 0.269 e. The molecule has 2 N–H and O–H groups in total. The van der Waals surface area contributed by atoms with E-state index in [9.17, 15) is 14.4 Å². The largest absolute Gasteiger partial charge is 0.482 e. The van der Waals surface area contributed by atoms with Crippen LogP contribution in [0.25, 0.3) is 0 Å². The molecule has 0 aliphatic carbocycles. The van der Waals surface area contributed by atoms with Gasteiger partial charge in [-0.05, 0) is 35.2 Å². The second kappa shape index (κ2) is 8.34. The maximum Gasteiger partial charge on any atom is 0.269 e. The van der Waals surface area contributed by atoms with Gasteiger partial charge in [-0.1, -0.05) is 45.0 Å². The van der Waals surface area contributed by atoms with E-state index in [1.165, 1.54) is 4.90 Å². The van der Waals surface area contributed by atoms with E-state index in [4.69, 9.17) is 4.74 Å². The summed E-state index contributed by atoms with van der Waals surface area (Å²) in [6, 6.07) is 14.4. The summed E-state index contributed by atoms with van der Waals surface area (Å²) in [4.78, 5) is 38.0. The predicted octanol–water partition coefficient (Wildman–Crippen LogP) is 2.56. The Morgan fingerprint density at radius 1 is 1.03 bits per heavy atom. The molecule has 7 nitrogen and oxygen atoms in total. The summed E-state index contributed by atoms with van der Waals surface area (Å²) in [7, 11) is 0. The van der Waals surface area contributed by atoms with E-state index < -0.39 is 5.91 Å². The van der Waals surface area contributed by atoms with Crippen LogP contribution in [0.3, 0.4) is 0 Å². The average Bonchev–Trinajstić information content (AvgIpc) is 2.70. The molecule has 29 heavy (non-hydrogen) atoms. The van der Waals surface area contributed by atoms with E-state index in [0.29, 0.717) is 17.0 Å². The standard InChI is InChI=1S/C22H25N3O4/c1-22(2,3)16-10-8-15(9-11-16)21(28)24-23-19(26)12-13-25-17-6-4-5-7-18(17)29-14-20(25)27/h4-11H,12-14H2,1-3H3,(H,23,26)(H,24,28). The number of para-hydroxylation sites is 2. The molecule has 1 aliphatic heterocycles. The lowest BCUT2D eigenvalue weighted by molar-refractivity contribution is -0.122. The van der Waals surface area contributed by atoms with Crippen LogP contribution in [0.1, 0.15) is 43.1 Å². The SMILES string of the molecule is CC(C)(C)c1ccc(C(=O)NNC(=O)CCN2C(=O)COc3ccccc32)cc1. The van der Waals surface area contributed by atoms with E-state index >= 15 is 0 Å². The zero-order valence-electron chi connectivity index (χ0n) is 16.8. The number of hydrazine groups is 1. The Morgan fingerprint density at radius 2 is 1.72 bits per heavy atom. The summed E-state index contributed by atoms with van der Waals surface area (Å²) < 4.78 is 5.38. The van der Waals surface area contributed by atoms with Gasteiger partial charge in [0.25, 0.3) is 11.8 Å². The van der Waals surface area contributed by atoms with Gasteiger partial charge in [0, 0.05) is 18.5 Å². The second-order valence-electron chi connectivity index (χ2n) is 7.88. The van der Waals surface area contributed by atoms with Crippen molar-refractivity contribution in [3.05, 3.63) is 59.7 Å². The molecular formula is C22H25N3O4. The van der Waals surface area contributed by atoms with Crippen molar-refractivity contribution in [1.82, 2.24) is 10.9 Å². The molecule has 0 bridgehead atoms. The zero-order chi connectivity index (χ0) is 21.0. The van der Waals surface area contributed by atoms with Gasteiger partial charge in [0.05, 0.1) is 5.69 Å². The quantitative estimate of drug-likeness (QED) is 0.779. The summed E-state index contributed by atoms with van der Waals surface area (Å²) in [6.07, 6.45) is 0.0450. The third-order valence-corrected chi connectivity index (χ3v) is 4.70. The van der Waals surface area contributed by atoms with E-state index in [1.54, 1.807) is 30.3 Å². The van der Waals surface area contributed by atoms with Crippen molar-refractivity contribution in [2.24, 2.45) is 0 Å². The van der Waals surface area contributed by atoms with Gasteiger partial charge in [0.15, 0.2) is 6.61 Å². The lowest BCUT2D eigenvalue weighted by atomic mass is 9.87. The summed E-state index contributed by atoms with van der Waals surface area (Å²) in [5.74, 6) is -0.382. The number of ether oxygens (including phenoxy) is 1.